The Morgan fingerprint density at radius 3 is 1.16 bits per heavy atom. The van der Waals surface area contributed by atoms with Crippen molar-refractivity contribution in [2.45, 2.75) is 156 Å². The second kappa shape index (κ2) is 22.1. The molecule has 20 heteroatoms. The molecule has 0 aliphatic carbocycles. The summed E-state index contributed by atoms with van der Waals surface area (Å²) in [6, 6.07) is 0. The lowest BCUT2D eigenvalue weighted by Crippen LogP contribution is -2.61. The average Bonchev–Trinajstić information content (AvgIpc) is 3.01. The van der Waals surface area contributed by atoms with Gasteiger partial charge in [-0.15, -0.1) is 0 Å². The molecule has 1 aliphatic heterocycles. The largest absolute Gasteiger partial charge is 0.436 e. The minimum Gasteiger partial charge on any atom is -0.436 e. The lowest BCUT2D eigenvalue weighted by Gasteiger charge is -2.47. The summed E-state index contributed by atoms with van der Waals surface area (Å²) in [4.78, 5) is 60.6. The van der Waals surface area contributed by atoms with Crippen molar-refractivity contribution in [1.29, 1.82) is 0 Å². The van der Waals surface area contributed by atoms with Gasteiger partial charge in [0, 0.05) is 12.3 Å². The lowest BCUT2D eigenvalue weighted by molar-refractivity contribution is -0.405. The average molecular weight is 745 g/mol. The Hall–Kier alpha value is -3.05. The monoisotopic (exact) mass is 744 g/mol. The number of esters is 5. The number of aliphatic hydroxyl groups excluding tert-OH is 4. The summed E-state index contributed by atoms with van der Waals surface area (Å²) in [5.74, 6) is -6.08. The summed E-state index contributed by atoms with van der Waals surface area (Å²) in [6.45, 7) is 12.3. The van der Waals surface area contributed by atoms with Crippen LogP contribution in [-0.2, 0) is 76.1 Å². The number of aliphatic hydroxyl groups is 4. The SMILES string of the molecule is CCC(=O)OC(C)OC1OC(OC(C)OC(=O)C(C)O)C(OC(C)OC(=O)C(C)O)C(COC(C)OC(=O)C(C)O)C1OC(C)OC(=O)C(C)O. The van der Waals surface area contributed by atoms with Crippen molar-refractivity contribution >= 4 is 29.8 Å². The molecule has 0 aromatic heterocycles. The molecule has 0 aromatic carbocycles. The smallest absolute Gasteiger partial charge is 0.336 e. The highest BCUT2D eigenvalue weighted by Crippen LogP contribution is 2.35. The van der Waals surface area contributed by atoms with Gasteiger partial charge in [0.1, 0.15) is 36.6 Å². The van der Waals surface area contributed by atoms with Crippen LogP contribution in [0.2, 0.25) is 0 Å². The summed E-state index contributed by atoms with van der Waals surface area (Å²) < 4.78 is 61.3. The van der Waals surface area contributed by atoms with Gasteiger partial charge in [0.05, 0.1) is 6.61 Å². The lowest BCUT2D eigenvalue weighted by atomic mass is 9.92. The summed E-state index contributed by atoms with van der Waals surface area (Å²) in [5, 5.41) is 38.6. The van der Waals surface area contributed by atoms with Crippen LogP contribution in [0.25, 0.3) is 0 Å². The molecule has 1 heterocycles. The topological polar surface area (TPSA) is 268 Å². The molecule has 0 spiro atoms. The zero-order valence-electron chi connectivity index (χ0n) is 30.3. The molecule has 14 unspecified atom stereocenters. The van der Waals surface area contributed by atoms with Crippen LogP contribution in [0.4, 0.5) is 0 Å². The van der Waals surface area contributed by atoms with Crippen LogP contribution in [0, 0.1) is 5.92 Å². The van der Waals surface area contributed by atoms with Crippen LogP contribution >= 0.6 is 0 Å². The Kier molecular flexibility index (Phi) is 19.9. The second-order valence-corrected chi connectivity index (χ2v) is 11.5. The first-order valence-electron chi connectivity index (χ1n) is 16.3. The summed E-state index contributed by atoms with van der Waals surface area (Å²) in [6.07, 6.45) is -19.2. The summed E-state index contributed by atoms with van der Waals surface area (Å²) >= 11 is 0. The molecule has 4 N–H and O–H groups in total. The maximum absolute atomic E-state index is 12.2. The van der Waals surface area contributed by atoms with E-state index in [1.807, 2.05) is 0 Å². The number of carbonyl (C=O) groups excluding carboxylic acids is 5. The van der Waals surface area contributed by atoms with Gasteiger partial charge in [-0.1, -0.05) is 6.92 Å². The third-order valence-electron chi connectivity index (χ3n) is 6.60. The van der Waals surface area contributed by atoms with Crippen molar-refractivity contribution in [2.24, 2.45) is 5.92 Å². The highest BCUT2D eigenvalue weighted by Gasteiger charge is 2.52. The van der Waals surface area contributed by atoms with E-state index in [-0.39, 0.29) is 6.42 Å². The van der Waals surface area contributed by atoms with Gasteiger partial charge in [0.15, 0.2) is 18.9 Å². The first kappa shape index (κ1) is 46.0. The minimum atomic E-state index is -1.65. The molecule has 0 bridgehead atoms. The minimum absolute atomic E-state index is 0.0120. The quantitative estimate of drug-likeness (QED) is 0.0654. The van der Waals surface area contributed by atoms with Gasteiger partial charge in [-0.05, 0) is 62.3 Å². The third-order valence-corrected chi connectivity index (χ3v) is 6.60. The van der Waals surface area contributed by atoms with E-state index in [0.29, 0.717) is 0 Å². The van der Waals surface area contributed by atoms with Gasteiger partial charge in [0.25, 0.3) is 0 Å². The van der Waals surface area contributed by atoms with Crippen molar-refractivity contribution < 1.29 is 96.5 Å². The van der Waals surface area contributed by atoms with Gasteiger partial charge in [0.2, 0.25) is 25.2 Å². The predicted molar refractivity (Wildman–Crippen MR) is 165 cm³/mol. The van der Waals surface area contributed by atoms with Gasteiger partial charge in [-0.2, -0.15) is 0 Å². The second-order valence-electron chi connectivity index (χ2n) is 11.5. The Labute approximate surface area is 295 Å². The zero-order chi connectivity index (χ0) is 39.2. The number of hydrogen-bond acceptors (Lipinski definition) is 20. The third kappa shape index (κ3) is 16.4. The number of hydrogen-bond donors (Lipinski definition) is 4. The van der Waals surface area contributed by atoms with E-state index in [2.05, 4.69) is 0 Å². The van der Waals surface area contributed by atoms with Crippen molar-refractivity contribution in [1.82, 2.24) is 0 Å². The number of ether oxygens (including phenoxy) is 11. The van der Waals surface area contributed by atoms with Gasteiger partial charge >= 0.3 is 29.8 Å². The first-order valence-corrected chi connectivity index (χ1v) is 16.3. The van der Waals surface area contributed by atoms with Crippen LogP contribution in [0.1, 0.15) is 75.7 Å². The molecule has 296 valence electrons. The van der Waals surface area contributed by atoms with Crippen molar-refractivity contribution in [3.63, 3.8) is 0 Å². The molecule has 20 nitrogen and oxygen atoms in total. The molecule has 51 heavy (non-hydrogen) atoms. The fourth-order valence-corrected chi connectivity index (χ4v) is 4.15. The van der Waals surface area contributed by atoms with E-state index in [4.69, 9.17) is 52.1 Å². The van der Waals surface area contributed by atoms with Gasteiger partial charge in [-0.3, -0.25) is 4.79 Å². The van der Waals surface area contributed by atoms with Crippen LogP contribution < -0.4 is 0 Å². The van der Waals surface area contributed by atoms with Gasteiger partial charge < -0.3 is 72.5 Å². The van der Waals surface area contributed by atoms with E-state index in [1.54, 1.807) is 6.92 Å². The zero-order valence-corrected chi connectivity index (χ0v) is 30.3. The van der Waals surface area contributed by atoms with E-state index < -0.39 is 123 Å². The molecule has 0 saturated carbocycles. The molecular weight excluding hydrogens is 692 g/mol. The molecule has 0 radical (unpaired) electrons. The molecule has 0 amide bonds. The number of carbonyl (C=O) groups is 5. The van der Waals surface area contributed by atoms with Crippen molar-refractivity contribution in [3.05, 3.63) is 0 Å². The standard InChI is InChI=1S/C31H52O20/c1-11-23(36)42-18(7)49-30-24(43-19(8)46-27(38)14(3)33)22(12-41-17(6)45-26(37)13(2)32)25(44-20(9)47-28(39)15(4)34)31(51-30)50-21(10)48-29(40)16(5)35/h13-22,24-25,30-35H,11-12H2,1-10H3. The Morgan fingerprint density at radius 2 is 0.824 bits per heavy atom. The van der Waals surface area contributed by atoms with E-state index in [9.17, 15) is 44.4 Å². The Morgan fingerprint density at radius 1 is 0.510 bits per heavy atom. The van der Waals surface area contributed by atoms with Gasteiger partial charge in [-0.25, -0.2) is 19.2 Å². The Balaban J connectivity index is 3.75. The van der Waals surface area contributed by atoms with Crippen LogP contribution in [0.5, 0.6) is 0 Å². The van der Waals surface area contributed by atoms with Crippen LogP contribution in [0.15, 0.2) is 0 Å². The highest BCUT2D eigenvalue weighted by molar-refractivity contribution is 5.75. The first-order chi connectivity index (χ1) is 23.7. The maximum atomic E-state index is 12.2. The van der Waals surface area contributed by atoms with E-state index >= 15 is 0 Å². The predicted octanol–water partition coefficient (Wildman–Crippen LogP) is -0.516. The molecule has 1 rings (SSSR count). The number of rotatable bonds is 21. The van der Waals surface area contributed by atoms with E-state index in [0.717, 1.165) is 20.8 Å². The molecule has 0 aromatic rings. The van der Waals surface area contributed by atoms with Crippen LogP contribution in [-0.4, -0.2) is 138 Å². The molecule has 14 atom stereocenters. The normalized spacial score (nSPS) is 25.8. The highest BCUT2D eigenvalue weighted by atomic mass is 16.9. The van der Waals surface area contributed by atoms with E-state index in [1.165, 1.54) is 41.5 Å². The molecule has 1 aliphatic rings. The summed E-state index contributed by atoms with van der Waals surface area (Å²) in [5.41, 5.74) is 0. The maximum Gasteiger partial charge on any atom is 0.336 e. The Bertz CT molecular complexity index is 1110. The fourth-order valence-electron chi connectivity index (χ4n) is 4.15. The van der Waals surface area contributed by atoms with Crippen molar-refractivity contribution in [2.75, 3.05) is 6.61 Å². The molecular formula is C31H52O20. The van der Waals surface area contributed by atoms with Crippen molar-refractivity contribution in [3.8, 4) is 0 Å². The fraction of sp³-hybridized carbons (Fsp3) is 0.839. The summed E-state index contributed by atoms with van der Waals surface area (Å²) in [7, 11) is 0. The van der Waals surface area contributed by atoms with Crippen LogP contribution in [0.3, 0.4) is 0 Å². The molecule has 1 saturated heterocycles. The molecule has 1 fully saturated rings.